The molecule has 0 amide bonds. The molecule has 19 heavy (non-hydrogen) atoms. The van der Waals surface area contributed by atoms with Crippen molar-refractivity contribution in [3.05, 3.63) is 29.8 Å². The Balaban J connectivity index is 1.55. The van der Waals surface area contributed by atoms with Crippen LogP contribution in [0.2, 0.25) is 0 Å². The molecule has 2 nitrogen and oxygen atoms in total. The van der Waals surface area contributed by atoms with Crippen molar-refractivity contribution in [1.82, 2.24) is 4.90 Å². The molecule has 1 heterocycles. The number of benzene rings is 1. The summed E-state index contributed by atoms with van der Waals surface area (Å²) in [7, 11) is 0. The third kappa shape index (κ3) is 3.50. The topological polar surface area (TPSA) is 15.3 Å². The van der Waals surface area contributed by atoms with Crippen LogP contribution in [0.4, 0.5) is 5.69 Å². The summed E-state index contributed by atoms with van der Waals surface area (Å²) in [6.07, 6.45) is 6.82. The van der Waals surface area contributed by atoms with Crippen LogP contribution in [0.5, 0.6) is 0 Å². The van der Waals surface area contributed by atoms with E-state index in [1.165, 1.54) is 56.4 Å². The minimum Gasteiger partial charge on any atom is -0.382 e. The summed E-state index contributed by atoms with van der Waals surface area (Å²) < 4.78 is 0. The van der Waals surface area contributed by atoms with Gasteiger partial charge in [0, 0.05) is 18.3 Å². The van der Waals surface area contributed by atoms with Gasteiger partial charge in [-0.3, -0.25) is 4.90 Å². The van der Waals surface area contributed by atoms with Crippen molar-refractivity contribution in [2.75, 3.05) is 18.4 Å². The maximum atomic E-state index is 3.70. The number of anilines is 1. The fraction of sp³-hybridized carbons (Fsp3) is 0.647. The molecule has 1 atom stereocenters. The molecule has 1 N–H and O–H groups in total. The molecule has 0 spiro atoms. The van der Waals surface area contributed by atoms with Gasteiger partial charge in [0.25, 0.3) is 0 Å². The minimum atomic E-state index is 0.685. The number of hydrogen-bond donors (Lipinski definition) is 1. The molecule has 0 radical (unpaired) electrons. The summed E-state index contributed by atoms with van der Waals surface area (Å²) in [6, 6.07) is 9.79. The lowest BCUT2D eigenvalue weighted by Gasteiger charge is -2.19. The van der Waals surface area contributed by atoms with Crippen LogP contribution in [0.3, 0.4) is 0 Å². The van der Waals surface area contributed by atoms with Gasteiger partial charge in [0.2, 0.25) is 0 Å². The molecule has 1 aliphatic heterocycles. The first-order valence-corrected chi connectivity index (χ1v) is 7.93. The molecule has 1 aliphatic carbocycles. The highest BCUT2D eigenvalue weighted by Crippen LogP contribution is 2.35. The van der Waals surface area contributed by atoms with E-state index in [4.69, 9.17) is 0 Å². The average Bonchev–Trinajstić information content (AvgIpc) is 3.16. The van der Waals surface area contributed by atoms with E-state index < -0.39 is 0 Å². The van der Waals surface area contributed by atoms with Gasteiger partial charge < -0.3 is 5.32 Å². The van der Waals surface area contributed by atoms with Gasteiger partial charge in [0.15, 0.2) is 0 Å². The summed E-state index contributed by atoms with van der Waals surface area (Å²) in [5.41, 5.74) is 2.75. The van der Waals surface area contributed by atoms with Crippen molar-refractivity contribution in [1.29, 1.82) is 0 Å². The molecular weight excluding hydrogens is 232 g/mol. The van der Waals surface area contributed by atoms with Crippen LogP contribution >= 0.6 is 0 Å². The summed E-state index contributed by atoms with van der Waals surface area (Å²) in [5.74, 6) is 0.925. The smallest absolute Gasteiger partial charge is 0.0342 e. The Kier molecular flexibility index (Phi) is 4.07. The van der Waals surface area contributed by atoms with Crippen molar-refractivity contribution >= 4 is 5.69 Å². The summed E-state index contributed by atoms with van der Waals surface area (Å²) in [5, 5.41) is 3.70. The van der Waals surface area contributed by atoms with Crippen molar-refractivity contribution in [3.8, 4) is 0 Å². The molecule has 0 bridgehead atoms. The lowest BCUT2D eigenvalue weighted by molar-refractivity contribution is 0.331. The van der Waals surface area contributed by atoms with Gasteiger partial charge in [-0.2, -0.15) is 0 Å². The Labute approximate surface area is 117 Å². The largest absolute Gasteiger partial charge is 0.382 e. The zero-order chi connectivity index (χ0) is 13.1. The summed E-state index contributed by atoms with van der Waals surface area (Å²) in [4.78, 5) is 2.56. The van der Waals surface area contributed by atoms with E-state index in [0.717, 1.165) is 12.5 Å². The third-order valence-corrected chi connectivity index (χ3v) is 4.54. The quantitative estimate of drug-likeness (QED) is 0.833. The molecule has 1 saturated heterocycles. The first-order chi connectivity index (χ1) is 9.35. The molecule has 3 rings (SSSR count). The SMILES string of the molecule is CCC(Nc1ccc(CN2CCCC2)cc1)C1CC1. The lowest BCUT2D eigenvalue weighted by atomic mass is 10.1. The number of hydrogen-bond acceptors (Lipinski definition) is 2. The molecule has 2 fully saturated rings. The van der Waals surface area contributed by atoms with Crippen molar-refractivity contribution in [2.24, 2.45) is 5.92 Å². The van der Waals surface area contributed by atoms with Gasteiger partial charge in [-0.1, -0.05) is 19.1 Å². The fourth-order valence-electron chi connectivity index (χ4n) is 3.17. The molecule has 2 aliphatic rings. The van der Waals surface area contributed by atoms with E-state index in [0.29, 0.717) is 6.04 Å². The Morgan fingerprint density at radius 2 is 1.84 bits per heavy atom. The number of nitrogens with one attached hydrogen (secondary N) is 1. The monoisotopic (exact) mass is 258 g/mol. The lowest BCUT2D eigenvalue weighted by Crippen LogP contribution is -2.21. The highest BCUT2D eigenvalue weighted by Gasteiger charge is 2.29. The van der Waals surface area contributed by atoms with E-state index in [2.05, 4.69) is 41.4 Å². The summed E-state index contributed by atoms with van der Waals surface area (Å²) in [6.45, 7) is 5.97. The number of likely N-dealkylation sites (tertiary alicyclic amines) is 1. The molecule has 1 unspecified atom stereocenters. The second kappa shape index (κ2) is 5.96. The van der Waals surface area contributed by atoms with Gasteiger partial charge in [-0.25, -0.2) is 0 Å². The van der Waals surface area contributed by atoms with E-state index in [1.54, 1.807) is 0 Å². The number of rotatable bonds is 6. The molecule has 1 saturated carbocycles. The molecule has 104 valence electrons. The molecule has 1 aromatic rings. The first kappa shape index (κ1) is 13.0. The van der Waals surface area contributed by atoms with Crippen molar-refractivity contribution < 1.29 is 0 Å². The molecule has 1 aromatic carbocycles. The molecule has 2 heteroatoms. The average molecular weight is 258 g/mol. The first-order valence-electron chi connectivity index (χ1n) is 7.93. The zero-order valence-electron chi connectivity index (χ0n) is 12.1. The standard InChI is InChI=1S/C17H26N2/c1-2-17(15-7-8-15)18-16-9-5-14(6-10-16)13-19-11-3-4-12-19/h5-6,9-10,15,17-18H,2-4,7-8,11-13H2,1H3. The van der Waals surface area contributed by atoms with E-state index >= 15 is 0 Å². The van der Waals surface area contributed by atoms with Crippen LogP contribution in [0.15, 0.2) is 24.3 Å². The Morgan fingerprint density at radius 3 is 2.42 bits per heavy atom. The zero-order valence-corrected chi connectivity index (χ0v) is 12.1. The van der Waals surface area contributed by atoms with Crippen LogP contribution in [-0.2, 0) is 6.54 Å². The van der Waals surface area contributed by atoms with Crippen LogP contribution < -0.4 is 5.32 Å². The normalized spacial score (nSPS) is 21.5. The van der Waals surface area contributed by atoms with E-state index in [1.807, 2.05) is 0 Å². The van der Waals surface area contributed by atoms with Crippen LogP contribution in [0.25, 0.3) is 0 Å². The third-order valence-electron chi connectivity index (χ3n) is 4.54. The minimum absolute atomic E-state index is 0.685. The van der Waals surface area contributed by atoms with Gasteiger partial charge in [0.1, 0.15) is 0 Å². The Hall–Kier alpha value is -1.02. The Morgan fingerprint density at radius 1 is 1.16 bits per heavy atom. The van der Waals surface area contributed by atoms with E-state index in [9.17, 15) is 0 Å². The van der Waals surface area contributed by atoms with Crippen molar-refractivity contribution in [3.63, 3.8) is 0 Å². The highest BCUT2D eigenvalue weighted by molar-refractivity contribution is 5.45. The van der Waals surface area contributed by atoms with Gasteiger partial charge in [0.05, 0.1) is 0 Å². The van der Waals surface area contributed by atoms with Gasteiger partial charge in [-0.05, 0) is 68.8 Å². The van der Waals surface area contributed by atoms with Gasteiger partial charge in [-0.15, -0.1) is 0 Å². The Bertz CT molecular complexity index is 388. The predicted molar refractivity (Wildman–Crippen MR) is 81.4 cm³/mol. The highest BCUT2D eigenvalue weighted by atomic mass is 15.1. The fourth-order valence-corrected chi connectivity index (χ4v) is 3.17. The summed E-state index contributed by atoms with van der Waals surface area (Å²) >= 11 is 0. The van der Waals surface area contributed by atoms with Crippen LogP contribution in [0.1, 0.15) is 44.6 Å². The second-order valence-electron chi connectivity index (χ2n) is 6.18. The maximum absolute atomic E-state index is 3.70. The molecular formula is C17H26N2. The van der Waals surface area contributed by atoms with E-state index in [-0.39, 0.29) is 0 Å². The second-order valence-corrected chi connectivity index (χ2v) is 6.18. The van der Waals surface area contributed by atoms with Gasteiger partial charge >= 0.3 is 0 Å². The van der Waals surface area contributed by atoms with Crippen LogP contribution in [0, 0.1) is 5.92 Å². The van der Waals surface area contributed by atoms with Crippen molar-refractivity contribution in [2.45, 2.75) is 51.6 Å². The predicted octanol–water partition coefficient (Wildman–Crippen LogP) is 3.88. The maximum Gasteiger partial charge on any atom is 0.0342 e. The number of nitrogens with zero attached hydrogens (tertiary/aromatic N) is 1. The molecule has 0 aromatic heterocycles. The van der Waals surface area contributed by atoms with Crippen LogP contribution in [-0.4, -0.2) is 24.0 Å².